The molecule has 0 unspecified atom stereocenters. The van der Waals surface area contributed by atoms with Crippen molar-refractivity contribution in [3.63, 3.8) is 0 Å². The molecule has 94 valence electrons. The molecule has 0 aliphatic heterocycles. The third-order valence-electron chi connectivity index (χ3n) is 2.80. The molecule has 5 nitrogen and oxygen atoms in total. The molecule has 0 atom stereocenters. The maximum absolute atomic E-state index is 11.1. The highest BCUT2D eigenvalue weighted by Crippen LogP contribution is 2.26. The van der Waals surface area contributed by atoms with Gasteiger partial charge in [0.2, 0.25) is 0 Å². The van der Waals surface area contributed by atoms with E-state index in [2.05, 4.69) is 4.98 Å². The monoisotopic (exact) mass is 246 g/mol. The number of aromatic carboxylic acids is 1. The first-order chi connectivity index (χ1) is 8.65. The number of hydrogen-bond acceptors (Lipinski definition) is 4. The van der Waals surface area contributed by atoms with Crippen molar-refractivity contribution < 1.29 is 15.0 Å². The number of benzene rings is 1. The maximum atomic E-state index is 11.1. The van der Waals surface area contributed by atoms with E-state index in [0.717, 1.165) is 5.39 Å². The number of hydrogen-bond donors (Lipinski definition) is 2. The summed E-state index contributed by atoms with van der Waals surface area (Å²) in [5, 5.41) is 19.5. The average Bonchev–Trinajstić information content (AvgIpc) is 2.37. The van der Waals surface area contributed by atoms with Gasteiger partial charge in [0.1, 0.15) is 5.82 Å². The summed E-state index contributed by atoms with van der Waals surface area (Å²) in [5.74, 6) is -0.320. The SMILES string of the molecule is CN(CCO)c1ncc(C(=O)O)c2ccccc12. The number of aliphatic hydroxyl groups excluding tert-OH is 1. The Morgan fingerprint density at radius 1 is 1.33 bits per heavy atom. The second-order valence-electron chi connectivity index (χ2n) is 3.99. The molecule has 0 bridgehead atoms. The zero-order valence-corrected chi connectivity index (χ0v) is 10.00. The Balaban J connectivity index is 2.64. The average molecular weight is 246 g/mol. The van der Waals surface area contributed by atoms with Gasteiger partial charge in [0.05, 0.1) is 12.2 Å². The molecule has 0 aliphatic carbocycles. The van der Waals surface area contributed by atoms with Gasteiger partial charge in [-0.3, -0.25) is 0 Å². The second kappa shape index (κ2) is 5.01. The van der Waals surface area contributed by atoms with Gasteiger partial charge < -0.3 is 15.1 Å². The molecule has 1 aromatic carbocycles. The molecular formula is C13H14N2O3. The lowest BCUT2D eigenvalue weighted by Crippen LogP contribution is -2.22. The molecule has 5 heteroatoms. The molecule has 0 spiro atoms. The first-order valence-electron chi connectivity index (χ1n) is 5.58. The fourth-order valence-electron chi connectivity index (χ4n) is 1.91. The molecule has 0 radical (unpaired) electrons. The summed E-state index contributed by atoms with van der Waals surface area (Å²) in [6.07, 6.45) is 1.36. The first-order valence-corrected chi connectivity index (χ1v) is 5.58. The van der Waals surface area contributed by atoms with Gasteiger partial charge in [0.25, 0.3) is 0 Å². The van der Waals surface area contributed by atoms with E-state index in [0.29, 0.717) is 17.7 Å². The van der Waals surface area contributed by atoms with Crippen LogP contribution in [-0.2, 0) is 0 Å². The van der Waals surface area contributed by atoms with E-state index in [-0.39, 0.29) is 12.2 Å². The molecule has 0 amide bonds. The Hall–Kier alpha value is -2.14. The van der Waals surface area contributed by atoms with Gasteiger partial charge in [-0.1, -0.05) is 24.3 Å². The zero-order valence-electron chi connectivity index (χ0n) is 10.00. The fourth-order valence-corrected chi connectivity index (χ4v) is 1.91. The number of rotatable bonds is 4. The number of aliphatic hydroxyl groups is 1. The predicted octanol–water partition coefficient (Wildman–Crippen LogP) is 1.36. The topological polar surface area (TPSA) is 73.7 Å². The highest BCUT2D eigenvalue weighted by molar-refractivity contribution is 6.06. The van der Waals surface area contributed by atoms with E-state index in [1.165, 1.54) is 6.20 Å². The van der Waals surface area contributed by atoms with Crippen molar-refractivity contribution in [3.8, 4) is 0 Å². The Morgan fingerprint density at radius 2 is 2.00 bits per heavy atom. The normalized spacial score (nSPS) is 10.6. The smallest absolute Gasteiger partial charge is 0.337 e. The number of likely N-dealkylation sites (N-methyl/N-ethyl adjacent to an activating group) is 1. The zero-order chi connectivity index (χ0) is 13.1. The van der Waals surface area contributed by atoms with Crippen LogP contribution in [0, 0.1) is 0 Å². The Kier molecular flexibility index (Phi) is 3.43. The lowest BCUT2D eigenvalue weighted by Gasteiger charge is -2.19. The van der Waals surface area contributed by atoms with Crippen LogP contribution in [0.1, 0.15) is 10.4 Å². The Labute approximate surface area is 104 Å². The number of pyridine rings is 1. The maximum Gasteiger partial charge on any atom is 0.337 e. The van der Waals surface area contributed by atoms with Crippen LogP contribution in [0.2, 0.25) is 0 Å². The van der Waals surface area contributed by atoms with Gasteiger partial charge in [-0.05, 0) is 0 Å². The summed E-state index contributed by atoms with van der Waals surface area (Å²) in [4.78, 5) is 17.1. The van der Waals surface area contributed by atoms with Crippen LogP contribution in [0.25, 0.3) is 10.8 Å². The molecule has 1 aromatic heterocycles. The number of carboxylic acids is 1. The van der Waals surface area contributed by atoms with Crippen molar-refractivity contribution in [2.75, 3.05) is 25.1 Å². The van der Waals surface area contributed by atoms with Crippen LogP contribution in [0.3, 0.4) is 0 Å². The third-order valence-corrected chi connectivity index (χ3v) is 2.80. The van der Waals surface area contributed by atoms with Crippen molar-refractivity contribution in [1.82, 2.24) is 4.98 Å². The lowest BCUT2D eigenvalue weighted by atomic mass is 10.1. The van der Waals surface area contributed by atoms with Gasteiger partial charge in [-0.15, -0.1) is 0 Å². The van der Waals surface area contributed by atoms with Gasteiger partial charge >= 0.3 is 5.97 Å². The summed E-state index contributed by atoms with van der Waals surface area (Å²) in [6.45, 7) is 0.469. The van der Waals surface area contributed by atoms with Crippen molar-refractivity contribution >= 4 is 22.6 Å². The van der Waals surface area contributed by atoms with Gasteiger partial charge in [0.15, 0.2) is 0 Å². The molecule has 1 heterocycles. The van der Waals surface area contributed by atoms with Gasteiger partial charge in [-0.25, -0.2) is 9.78 Å². The summed E-state index contributed by atoms with van der Waals surface area (Å²) in [7, 11) is 1.81. The number of aromatic nitrogens is 1. The highest BCUT2D eigenvalue weighted by Gasteiger charge is 2.14. The van der Waals surface area contributed by atoms with Gasteiger partial charge in [0, 0.05) is 30.6 Å². The van der Waals surface area contributed by atoms with Crippen molar-refractivity contribution in [1.29, 1.82) is 0 Å². The summed E-state index contributed by atoms with van der Waals surface area (Å²) >= 11 is 0. The van der Waals surface area contributed by atoms with Crippen LogP contribution in [0.15, 0.2) is 30.5 Å². The van der Waals surface area contributed by atoms with Crippen LogP contribution >= 0.6 is 0 Å². The van der Waals surface area contributed by atoms with E-state index in [1.54, 1.807) is 17.0 Å². The molecule has 0 aliphatic rings. The summed E-state index contributed by atoms with van der Waals surface area (Å²) < 4.78 is 0. The van der Waals surface area contributed by atoms with E-state index in [1.807, 2.05) is 19.2 Å². The molecule has 0 saturated carbocycles. The minimum absolute atomic E-state index is 0.0210. The van der Waals surface area contributed by atoms with E-state index in [9.17, 15) is 4.79 Å². The van der Waals surface area contributed by atoms with Gasteiger partial charge in [-0.2, -0.15) is 0 Å². The van der Waals surface area contributed by atoms with E-state index < -0.39 is 5.97 Å². The fraction of sp³-hybridized carbons (Fsp3) is 0.231. The molecule has 0 fully saturated rings. The molecule has 2 aromatic rings. The van der Waals surface area contributed by atoms with Crippen LogP contribution < -0.4 is 4.90 Å². The lowest BCUT2D eigenvalue weighted by molar-refractivity contribution is 0.0698. The van der Waals surface area contributed by atoms with E-state index in [4.69, 9.17) is 10.2 Å². The molecule has 2 rings (SSSR count). The minimum Gasteiger partial charge on any atom is -0.478 e. The highest BCUT2D eigenvalue weighted by atomic mass is 16.4. The number of fused-ring (bicyclic) bond motifs is 1. The van der Waals surface area contributed by atoms with Crippen LogP contribution in [0.5, 0.6) is 0 Å². The number of carbonyl (C=O) groups is 1. The Morgan fingerprint density at radius 3 is 2.61 bits per heavy atom. The second-order valence-corrected chi connectivity index (χ2v) is 3.99. The Bertz CT molecular complexity index is 583. The first kappa shape index (κ1) is 12.3. The molecule has 18 heavy (non-hydrogen) atoms. The number of anilines is 1. The van der Waals surface area contributed by atoms with Crippen LogP contribution in [0.4, 0.5) is 5.82 Å². The van der Waals surface area contributed by atoms with Crippen LogP contribution in [-0.4, -0.2) is 41.4 Å². The summed E-state index contributed by atoms with van der Waals surface area (Å²) in [5.41, 5.74) is 0.187. The molecule has 0 saturated heterocycles. The van der Waals surface area contributed by atoms with E-state index >= 15 is 0 Å². The van der Waals surface area contributed by atoms with Crippen molar-refractivity contribution in [2.45, 2.75) is 0 Å². The van der Waals surface area contributed by atoms with Crippen molar-refractivity contribution in [3.05, 3.63) is 36.0 Å². The number of carboxylic acid groups (broad SMARTS) is 1. The largest absolute Gasteiger partial charge is 0.478 e. The quantitative estimate of drug-likeness (QED) is 0.852. The molecular weight excluding hydrogens is 232 g/mol. The number of nitrogens with zero attached hydrogens (tertiary/aromatic N) is 2. The summed E-state index contributed by atoms with van der Waals surface area (Å²) in [6, 6.07) is 7.23. The van der Waals surface area contributed by atoms with Crippen molar-refractivity contribution in [2.24, 2.45) is 0 Å². The molecule has 2 N–H and O–H groups in total. The standard InChI is InChI=1S/C13H14N2O3/c1-15(6-7-16)12-10-5-3-2-4-9(10)11(8-14-12)13(17)18/h2-5,8,16H,6-7H2,1H3,(H,17,18). The predicted molar refractivity (Wildman–Crippen MR) is 69.1 cm³/mol. The minimum atomic E-state index is -0.991. The third kappa shape index (κ3) is 2.12.